The molecule has 34 heavy (non-hydrogen) atoms. The Bertz CT molecular complexity index is 548. The van der Waals surface area contributed by atoms with E-state index in [1.165, 1.54) is 70.6 Å². The van der Waals surface area contributed by atoms with Crippen molar-refractivity contribution >= 4 is 11.9 Å². The SMILES string of the molecule is CCCCCCCC/C=C/C(CCCCCCCC)C(CCO)C(=O)OCCN1CCCC1=O. The van der Waals surface area contributed by atoms with Gasteiger partial charge in [-0.1, -0.05) is 96.6 Å². The summed E-state index contributed by atoms with van der Waals surface area (Å²) in [4.78, 5) is 26.5. The first-order valence-corrected chi connectivity index (χ1v) is 14.4. The van der Waals surface area contributed by atoms with Crippen molar-refractivity contribution < 1.29 is 19.4 Å². The smallest absolute Gasteiger partial charge is 0.309 e. The third-order valence-electron chi connectivity index (χ3n) is 7.04. The summed E-state index contributed by atoms with van der Waals surface area (Å²) in [5.74, 6) is -0.266. The maximum atomic E-state index is 13.0. The summed E-state index contributed by atoms with van der Waals surface area (Å²) in [5.41, 5.74) is 0. The van der Waals surface area contributed by atoms with Crippen LogP contribution in [0.2, 0.25) is 0 Å². The number of rotatable bonds is 22. The number of ether oxygens (including phenoxy) is 1. The number of nitrogens with zero attached hydrogens (tertiary/aromatic N) is 1. The van der Waals surface area contributed by atoms with Crippen molar-refractivity contribution in [3.8, 4) is 0 Å². The van der Waals surface area contributed by atoms with Crippen LogP contribution in [0.5, 0.6) is 0 Å². The molecule has 0 aromatic heterocycles. The Balaban J connectivity index is 2.57. The number of carbonyl (C=O) groups is 2. The zero-order valence-electron chi connectivity index (χ0n) is 22.3. The number of allylic oxidation sites excluding steroid dienone is 2. The molecule has 0 saturated carbocycles. The van der Waals surface area contributed by atoms with Crippen LogP contribution in [0.4, 0.5) is 0 Å². The molecule has 0 bridgehead atoms. The van der Waals surface area contributed by atoms with Gasteiger partial charge in [0, 0.05) is 19.6 Å². The maximum Gasteiger partial charge on any atom is 0.309 e. The highest BCUT2D eigenvalue weighted by Crippen LogP contribution is 2.26. The summed E-state index contributed by atoms with van der Waals surface area (Å²) in [6, 6.07) is 0. The molecule has 198 valence electrons. The van der Waals surface area contributed by atoms with Crippen molar-refractivity contribution in [3.63, 3.8) is 0 Å². The predicted octanol–water partition coefficient (Wildman–Crippen LogP) is 6.82. The average Bonchev–Trinajstić information content (AvgIpc) is 3.24. The first kappa shape index (κ1) is 30.7. The second kappa shape index (κ2) is 21.0. The number of hydrogen-bond acceptors (Lipinski definition) is 4. The van der Waals surface area contributed by atoms with E-state index in [0.29, 0.717) is 19.4 Å². The molecular weight excluding hydrogens is 426 g/mol. The molecule has 1 amide bonds. The van der Waals surface area contributed by atoms with E-state index in [2.05, 4.69) is 26.0 Å². The van der Waals surface area contributed by atoms with E-state index in [4.69, 9.17) is 4.74 Å². The van der Waals surface area contributed by atoms with E-state index in [9.17, 15) is 14.7 Å². The lowest BCUT2D eigenvalue weighted by molar-refractivity contribution is -0.152. The highest BCUT2D eigenvalue weighted by Gasteiger charge is 2.28. The van der Waals surface area contributed by atoms with Gasteiger partial charge in [0.05, 0.1) is 12.5 Å². The molecule has 5 heteroatoms. The molecule has 1 aliphatic heterocycles. The zero-order valence-corrected chi connectivity index (χ0v) is 22.3. The van der Waals surface area contributed by atoms with Crippen molar-refractivity contribution in [1.82, 2.24) is 4.90 Å². The minimum Gasteiger partial charge on any atom is -0.464 e. The van der Waals surface area contributed by atoms with Crippen LogP contribution in [0.15, 0.2) is 12.2 Å². The van der Waals surface area contributed by atoms with E-state index in [0.717, 1.165) is 32.2 Å². The third-order valence-corrected chi connectivity index (χ3v) is 7.04. The molecule has 1 aliphatic rings. The quantitative estimate of drug-likeness (QED) is 0.105. The Hall–Kier alpha value is -1.36. The molecule has 0 radical (unpaired) electrons. The fourth-order valence-electron chi connectivity index (χ4n) is 4.86. The number of carbonyl (C=O) groups excluding carboxylic acids is 2. The van der Waals surface area contributed by atoms with Crippen LogP contribution < -0.4 is 0 Å². The van der Waals surface area contributed by atoms with Gasteiger partial charge in [-0.2, -0.15) is 0 Å². The minimum absolute atomic E-state index is 0.0113. The summed E-state index contributed by atoms with van der Waals surface area (Å²) in [5, 5.41) is 9.66. The summed E-state index contributed by atoms with van der Waals surface area (Å²) in [6.07, 6.45) is 23.5. The maximum absolute atomic E-state index is 13.0. The average molecular weight is 480 g/mol. The molecule has 5 nitrogen and oxygen atoms in total. The normalized spacial score (nSPS) is 15.9. The number of hydrogen-bond donors (Lipinski definition) is 1. The number of likely N-dealkylation sites (tertiary alicyclic amines) is 1. The van der Waals surface area contributed by atoms with Gasteiger partial charge < -0.3 is 14.7 Å². The molecule has 0 aromatic carbocycles. The molecule has 1 N–H and O–H groups in total. The molecule has 1 saturated heterocycles. The van der Waals surface area contributed by atoms with Crippen LogP contribution in [0.25, 0.3) is 0 Å². The Morgan fingerprint density at radius 3 is 2.24 bits per heavy atom. The zero-order chi connectivity index (χ0) is 24.9. The minimum atomic E-state index is -0.310. The lowest BCUT2D eigenvalue weighted by Gasteiger charge is -2.24. The van der Waals surface area contributed by atoms with Gasteiger partial charge >= 0.3 is 5.97 Å². The van der Waals surface area contributed by atoms with Crippen LogP contribution in [0.1, 0.15) is 123 Å². The topological polar surface area (TPSA) is 66.8 Å². The molecule has 1 rings (SSSR count). The van der Waals surface area contributed by atoms with E-state index in [1.807, 2.05) is 0 Å². The van der Waals surface area contributed by atoms with Crippen molar-refractivity contribution in [2.45, 2.75) is 123 Å². The molecule has 0 aromatic rings. The van der Waals surface area contributed by atoms with Crippen molar-refractivity contribution in [2.24, 2.45) is 11.8 Å². The summed E-state index contributed by atoms with van der Waals surface area (Å²) in [6.45, 7) is 5.95. The Morgan fingerprint density at radius 1 is 0.971 bits per heavy atom. The predicted molar refractivity (Wildman–Crippen MR) is 141 cm³/mol. The highest BCUT2D eigenvalue weighted by atomic mass is 16.5. The number of unbranched alkanes of at least 4 members (excludes halogenated alkanes) is 11. The number of esters is 1. The van der Waals surface area contributed by atoms with Crippen molar-refractivity contribution in [1.29, 1.82) is 0 Å². The lowest BCUT2D eigenvalue weighted by atomic mass is 9.84. The molecule has 1 heterocycles. The van der Waals surface area contributed by atoms with E-state index in [1.54, 1.807) is 4.90 Å². The Kier molecular flexibility index (Phi) is 18.9. The molecule has 0 spiro atoms. The van der Waals surface area contributed by atoms with Crippen LogP contribution in [-0.2, 0) is 14.3 Å². The highest BCUT2D eigenvalue weighted by molar-refractivity contribution is 5.78. The Morgan fingerprint density at radius 2 is 1.62 bits per heavy atom. The first-order chi connectivity index (χ1) is 16.6. The van der Waals surface area contributed by atoms with Gasteiger partial charge in [0.25, 0.3) is 0 Å². The monoisotopic (exact) mass is 479 g/mol. The molecule has 0 aliphatic carbocycles. The van der Waals surface area contributed by atoms with Gasteiger partial charge in [-0.3, -0.25) is 9.59 Å². The fraction of sp³-hybridized carbons (Fsp3) is 0.862. The molecular formula is C29H53NO4. The molecule has 2 atom stereocenters. The fourth-order valence-corrected chi connectivity index (χ4v) is 4.86. The number of amides is 1. The standard InChI is InChI=1S/C29H53NO4/c1-3-5-7-9-11-12-14-16-19-26(18-15-13-10-8-6-4-2)27(21-24-31)29(33)34-25-23-30-22-17-20-28(30)32/h16,19,26-27,31H,3-15,17-18,20-25H2,1-2H3/b19-16+. The largest absolute Gasteiger partial charge is 0.464 e. The van der Waals surface area contributed by atoms with Crippen LogP contribution in [0, 0.1) is 11.8 Å². The van der Waals surface area contributed by atoms with Crippen LogP contribution in [0.3, 0.4) is 0 Å². The van der Waals surface area contributed by atoms with Gasteiger partial charge in [-0.05, 0) is 38.0 Å². The second-order valence-electron chi connectivity index (χ2n) is 9.98. The summed E-state index contributed by atoms with van der Waals surface area (Å²) < 4.78 is 5.61. The van der Waals surface area contributed by atoms with Crippen LogP contribution >= 0.6 is 0 Å². The van der Waals surface area contributed by atoms with Gasteiger partial charge in [-0.25, -0.2) is 0 Å². The van der Waals surface area contributed by atoms with Gasteiger partial charge in [-0.15, -0.1) is 0 Å². The molecule has 1 fully saturated rings. The summed E-state index contributed by atoms with van der Waals surface area (Å²) in [7, 11) is 0. The Labute approximate surface area is 209 Å². The number of aliphatic hydroxyl groups is 1. The van der Waals surface area contributed by atoms with Crippen molar-refractivity contribution in [2.75, 3.05) is 26.3 Å². The van der Waals surface area contributed by atoms with Gasteiger partial charge in [0.2, 0.25) is 5.91 Å². The molecule has 2 unspecified atom stereocenters. The van der Waals surface area contributed by atoms with Crippen molar-refractivity contribution in [3.05, 3.63) is 12.2 Å². The number of aliphatic hydroxyl groups excluding tert-OH is 1. The van der Waals surface area contributed by atoms with E-state index < -0.39 is 0 Å². The second-order valence-corrected chi connectivity index (χ2v) is 9.98. The lowest BCUT2D eigenvalue weighted by Crippen LogP contribution is -2.32. The third kappa shape index (κ3) is 14.1. The first-order valence-electron chi connectivity index (χ1n) is 14.4. The summed E-state index contributed by atoms with van der Waals surface area (Å²) >= 11 is 0. The van der Waals surface area contributed by atoms with Crippen LogP contribution in [-0.4, -0.2) is 48.2 Å². The van der Waals surface area contributed by atoms with E-state index in [-0.39, 0.29) is 36.9 Å². The van der Waals surface area contributed by atoms with Gasteiger partial charge in [0.15, 0.2) is 0 Å². The van der Waals surface area contributed by atoms with Gasteiger partial charge in [0.1, 0.15) is 6.61 Å². The van der Waals surface area contributed by atoms with E-state index >= 15 is 0 Å².